The van der Waals surface area contributed by atoms with Crippen LogP contribution in [0.1, 0.15) is 47.9 Å². The highest BCUT2D eigenvalue weighted by Gasteiger charge is 2.42. The molecule has 0 bridgehead atoms. The van der Waals surface area contributed by atoms with Crippen LogP contribution in [0.25, 0.3) is 0 Å². The molecule has 1 saturated carbocycles. The summed E-state index contributed by atoms with van der Waals surface area (Å²) in [6.45, 7) is 10.9. The van der Waals surface area contributed by atoms with Crippen molar-refractivity contribution in [1.29, 1.82) is 0 Å². The van der Waals surface area contributed by atoms with Crippen LogP contribution in [0.5, 0.6) is 0 Å². The van der Waals surface area contributed by atoms with E-state index in [1.54, 1.807) is 6.92 Å². The van der Waals surface area contributed by atoms with Gasteiger partial charge >= 0.3 is 0 Å². The molecule has 154 valence electrons. The number of nitrogens with one attached hydrogen (secondary N) is 1. The van der Waals surface area contributed by atoms with Crippen LogP contribution in [0, 0.1) is 26.7 Å². The zero-order valence-electron chi connectivity index (χ0n) is 17.3. The first-order valence-electron chi connectivity index (χ1n) is 9.64. The van der Waals surface area contributed by atoms with Gasteiger partial charge in [0.05, 0.1) is 0 Å². The molecule has 1 aromatic carbocycles. The highest BCUT2D eigenvalue weighted by Crippen LogP contribution is 2.37. The average molecular weight is 398 g/mol. The van der Waals surface area contributed by atoms with E-state index in [-0.39, 0.29) is 30.2 Å². The molecule has 0 aliphatic heterocycles. The Morgan fingerprint density at radius 3 is 2.45 bits per heavy atom. The Hall–Kier alpha value is -2.89. The standard InChI is InChI=1S/C23H27FN2O3/c1-6-17(26-19(24)7-2)23(29)25-9-8-16-12-18(27)21(22(16)28)20-14(4)10-13(3)11-15(20)5/h6-7,10-11,16,21H,2,8-9,12H2,1,3-5H3,(H,25,29). The molecule has 29 heavy (non-hydrogen) atoms. The molecular formula is C23H27FN2O3. The number of benzene rings is 1. The number of hydrogen-bond donors (Lipinski definition) is 1. The lowest BCUT2D eigenvalue weighted by Crippen LogP contribution is -2.28. The molecule has 0 aromatic heterocycles. The molecule has 0 heterocycles. The van der Waals surface area contributed by atoms with Gasteiger partial charge in [0.2, 0.25) is 5.97 Å². The second-order valence-electron chi connectivity index (χ2n) is 7.37. The highest BCUT2D eigenvalue weighted by molar-refractivity contribution is 6.15. The van der Waals surface area contributed by atoms with Crippen molar-refractivity contribution in [3.63, 3.8) is 0 Å². The molecule has 1 fully saturated rings. The van der Waals surface area contributed by atoms with E-state index in [0.29, 0.717) is 6.42 Å². The van der Waals surface area contributed by atoms with E-state index in [4.69, 9.17) is 0 Å². The van der Waals surface area contributed by atoms with Gasteiger partial charge in [0.15, 0.2) is 5.78 Å². The molecule has 2 atom stereocenters. The number of Topliss-reactive ketones (excluding diaryl/α,β-unsaturated/α-hetero) is 2. The number of carbonyl (C=O) groups excluding carboxylic acids is 3. The lowest BCUT2D eigenvalue weighted by molar-refractivity contribution is -0.125. The summed E-state index contributed by atoms with van der Waals surface area (Å²) in [5.41, 5.74) is 3.73. The molecule has 1 aliphatic carbocycles. The van der Waals surface area contributed by atoms with E-state index in [0.717, 1.165) is 28.3 Å². The fourth-order valence-electron chi connectivity index (χ4n) is 3.91. The third-order valence-corrected chi connectivity index (χ3v) is 5.16. The maximum atomic E-state index is 13.2. The van der Waals surface area contributed by atoms with Gasteiger partial charge in [0.25, 0.3) is 5.91 Å². The number of allylic oxidation sites excluding steroid dienone is 2. The summed E-state index contributed by atoms with van der Waals surface area (Å²) in [5.74, 6) is -2.72. The van der Waals surface area contributed by atoms with Gasteiger partial charge in [-0.3, -0.25) is 14.4 Å². The van der Waals surface area contributed by atoms with Crippen molar-refractivity contribution in [1.82, 2.24) is 5.32 Å². The first kappa shape index (κ1) is 22.4. The minimum Gasteiger partial charge on any atom is -0.351 e. The van der Waals surface area contributed by atoms with Gasteiger partial charge < -0.3 is 5.32 Å². The number of amides is 1. The summed E-state index contributed by atoms with van der Waals surface area (Å²) in [6.07, 6.45) is 2.82. The molecular weight excluding hydrogens is 371 g/mol. The maximum absolute atomic E-state index is 13.2. The monoisotopic (exact) mass is 398 g/mol. The van der Waals surface area contributed by atoms with Crippen LogP contribution in [0.15, 0.2) is 41.6 Å². The SMILES string of the molecule is C=CC(F)=NC(=CC)C(=O)NCCC1CC(=O)C(c2c(C)cc(C)cc2C)C1=O. The van der Waals surface area contributed by atoms with E-state index in [1.165, 1.54) is 6.08 Å². The van der Waals surface area contributed by atoms with Crippen LogP contribution in [0.2, 0.25) is 0 Å². The molecule has 1 aromatic rings. The normalized spacial score (nSPS) is 20.2. The Labute approximate surface area is 170 Å². The number of rotatable bonds is 7. The molecule has 0 radical (unpaired) electrons. The number of carbonyl (C=O) groups is 3. The lowest BCUT2D eigenvalue weighted by Gasteiger charge is -2.16. The zero-order valence-corrected chi connectivity index (χ0v) is 17.3. The first-order chi connectivity index (χ1) is 13.7. The average Bonchev–Trinajstić information content (AvgIpc) is 2.93. The van der Waals surface area contributed by atoms with E-state index in [1.807, 2.05) is 32.9 Å². The van der Waals surface area contributed by atoms with Crippen molar-refractivity contribution in [2.45, 2.75) is 46.5 Å². The van der Waals surface area contributed by atoms with E-state index < -0.39 is 23.7 Å². The summed E-state index contributed by atoms with van der Waals surface area (Å²) < 4.78 is 13.2. The van der Waals surface area contributed by atoms with Crippen molar-refractivity contribution < 1.29 is 18.8 Å². The van der Waals surface area contributed by atoms with Gasteiger partial charge in [-0.25, -0.2) is 4.99 Å². The summed E-state index contributed by atoms with van der Waals surface area (Å²) >= 11 is 0. The topological polar surface area (TPSA) is 75.6 Å². The summed E-state index contributed by atoms with van der Waals surface area (Å²) in [5, 5.41) is 2.63. The van der Waals surface area contributed by atoms with Gasteiger partial charge in [0.1, 0.15) is 17.4 Å². The number of ketones is 2. The Kier molecular flexibility index (Phi) is 7.37. The fraction of sp³-hybridized carbons (Fsp3) is 0.391. The highest BCUT2D eigenvalue weighted by atomic mass is 19.1. The van der Waals surface area contributed by atoms with Crippen molar-refractivity contribution in [3.8, 4) is 0 Å². The number of nitrogens with zero attached hydrogens (tertiary/aromatic N) is 1. The molecule has 6 heteroatoms. The smallest absolute Gasteiger partial charge is 0.269 e. The third-order valence-electron chi connectivity index (χ3n) is 5.16. The Morgan fingerprint density at radius 2 is 1.90 bits per heavy atom. The lowest BCUT2D eigenvalue weighted by atomic mass is 9.86. The van der Waals surface area contributed by atoms with Gasteiger partial charge in [0, 0.05) is 18.9 Å². The number of hydrogen-bond acceptors (Lipinski definition) is 4. The Balaban J connectivity index is 2.04. The number of aliphatic imine (C=N–C) groups is 1. The second kappa shape index (κ2) is 9.54. The predicted octanol–water partition coefficient (Wildman–Crippen LogP) is 3.82. The Bertz CT molecular complexity index is 892. The number of aryl methyl sites for hydroxylation is 3. The van der Waals surface area contributed by atoms with Crippen LogP contribution in [0.3, 0.4) is 0 Å². The molecule has 2 rings (SSSR count). The largest absolute Gasteiger partial charge is 0.351 e. The van der Waals surface area contributed by atoms with Crippen LogP contribution in [-0.4, -0.2) is 30.0 Å². The molecule has 0 saturated heterocycles. The summed E-state index contributed by atoms with van der Waals surface area (Å²) in [4.78, 5) is 41.2. The Morgan fingerprint density at radius 1 is 1.28 bits per heavy atom. The molecule has 2 unspecified atom stereocenters. The van der Waals surface area contributed by atoms with Crippen LogP contribution in [-0.2, 0) is 14.4 Å². The minimum absolute atomic E-state index is 0.0694. The fourth-order valence-corrected chi connectivity index (χ4v) is 3.91. The predicted molar refractivity (Wildman–Crippen MR) is 112 cm³/mol. The van der Waals surface area contributed by atoms with Crippen molar-refractivity contribution >= 4 is 23.4 Å². The van der Waals surface area contributed by atoms with Crippen LogP contribution in [0.4, 0.5) is 4.39 Å². The molecule has 1 aliphatic rings. The maximum Gasteiger partial charge on any atom is 0.269 e. The van der Waals surface area contributed by atoms with E-state index in [2.05, 4.69) is 16.9 Å². The van der Waals surface area contributed by atoms with Crippen molar-refractivity contribution in [2.24, 2.45) is 10.9 Å². The van der Waals surface area contributed by atoms with Gasteiger partial charge in [-0.15, -0.1) is 0 Å². The molecule has 0 spiro atoms. The van der Waals surface area contributed by atoms with E-state index in [9.17, 15) is 18.8 Å². The third kappa shape index (κ3) is 5.13. The molecule has 5 nitrogen and oxygen atoms in total. The first-order valence-corrected chi connectivity index (χ1v) is 9.64. The van der Waals surface area contributed by atoms with Crippen molar-refractivity contribution in [3.05, 3.63) is 58.8 Å². The summed E-state index contributed by atoms with van der Waals surface area (Å²) in [7, 11) is 0. The molecule has 1 amide bonds. The number of halogens is 1. The van der Waals surface area contributed by atoms with Crippen LogP contribution >= 0.6 is 0 Å². The quantitative estimate of drug-likeness (QED) is 0.431. The van der Waals surface area contributed by atoms with Crippen LogP contribution < -0.4 is 5.32 Å². The second-order valence-corrected chi connectivity index (χ2v) is 7.37. The molecule has 1 N–H and O–H groups in total. The van der Waals surface area contributed by atoms with Crippen molar-refractivity contribution in [2.75, 3.05) is 6.54 Å². The van der Waals surface area contributed by atoms with E-state index >= 15 is 0 Å². The van der Waals surface area contributed by atoms with Gasteiger partial charge in [-0.05, 0) is 56.9 Å². The van der Waals surface area contributed by atoms with Gasteiger partial charge in [-0.1, -0.05) is 30.4 Å². The zero-order chi connectivity index (χ0) is 21.7. The minimum atomic E-state index is -0.850. The summed E-state index contributed by atoms with van der Waals surface area (Å²) in [6, 6.07) is 3.97. The van der Waals surface area contributed by atoms with Gasteiger partial charge in [-0.2, -0.15) is 4.39 Å².